The second-order valence-electron chi connectivity index (χ2n) is 4.98. The number of thiol groups is 1. The summed E-state index contributed by atoms with van der Waals surface area (Å²) in [5.41, 5.74) is -0.364. The van der Waals surface area contributed by atoms with Crippen LogP contribution < -0.4 is 0 Å². The SMILES string of the molecule is CCCC(C)C(C)(C)C(=O)OCCCCS. The van der Waals surface area contributed by atoms with Crippen LogP contribution in [0.15, 0.2) is 0 Å². The minimum atomic E-state index is -0.364. The maximum absolute atomic E-state index is 11.9. The van der Waals surface area contributed by atoms with Gasteiger partial charge in [-0.3, -0.25) is 4.79 Å². The van der Waals surface area contributed by atoms with Crippen molar-refractivity contribution in [1.82, 2.24) is 0 Å². The fraction of sp³-hybridized carbons (Fsp3) is 0.923. The van der Waals surface area contributed by atoms with Crippen LogP contribution in [0.2, 0.25) is 0 Å². The van der Waals surface area contributed by atoms with Crippen LogP contribution in [0.4, 0.5) is 0 Å². The van der Waals surface area contributed by atoms with Crippen LogP contribution in [0.1, 0.15) is 53.4 Å². The third-order valence-corrected chi connectivity index (χ3v) is 3.58. The van der Waals surface area contributed by atoms with Gasteiger partial charge in [0.25, 0.3) is 0 Å². The molecule has 0 saturated carbocycles. The Morgan fingerprint density at radius 2 is 2.00 bits per heavy atom. The van der Waals surface area contributed by atoms with E-state index in [0.717, 1.165) is 31.4 Å². The van der Waals surface area contributed by atoms with Crippen molar-refractivity contribution in [1.29, 1.82) is 0 Å². The molecule has 0 aromatic carbocycles. The topological polar surface area (TPSA) is 26.3 Å². The summed E-state index contributed by atoms with van der Waals surface area (Å²) >= 11 is 4.12. The molecule has 0 bridgehead atoms. The minimum absolute atomic E-state index is 0.0624. The number of hydrogen-bond donors (Lipinski definition) is 1. The van der Waals surface area contributed by atoms with E-state index in [1.54, 1.807) is 0 Å². The van der Waals surface area contributed by atoms with Gasteiger partial charge in [0.2, 0.25) is 0 Å². The third-order valence-electron chi connectivity index (χ3n) is 3.27. The summed E-state index contributed by atoms with van der Waals surface area (Å²) in [7, 11) is 0. The second-order valence-corrected chi connectivity index (χ2v) is 5.43. The molecule has 0 aromatic rings. The van der Waals surface area contributed by atoms with Gasteiger partial charge in [0.1, 0.15) is 0 Å². The Balaban J connectivity index is 4.03. The summed E-state index contributed by atoms with van der Waals surface area (Å²) in [5, 5.41) is 0. The molecule has 0 N–H and O–H groups in total. The lowest BCUT2D eigenvalue weighted by Gasteiger charge is -2.29. The van der Waals surface area contributed by atoms with Crippen LogP contribution in [0, 0.1) is 11.3 Å². The zero-order valence-electron chi connectivity index (χ0n) is 11.1. The molecule has 1 atom stereocenters. The lowest BCUT2D eigenvalue weighted by atomic mass is 9.78. The Morgan fingerprint density at radius 3 is 2.50 bits per heavy atom. The van der Waals surface area contributed by atoms with Gasteiger partial charge in [-0.05, 0) is 44.8 Å². The predicted octanol–water partition coefficient (Wildman–Crippen LogP) is 3.70. The van der Waals surface area contributed by atoms with Crippen LogP contribution in [-0.4, -0.2) is 18.3 Å². The summed E-state index contributed by atoms with van der Waals surface area (Å²) in [6, 6.07) is 0. The van der Waals surface area contributed by atoms with Crippen molar-refractivity contribution < 1.29 is 9.53 Å². The number of hydrogen-bond acceptors (Lipinski definition) is 3. The first kappa shape index (κ1) is 15.8. The predicted molar refractivity (Wildman–Crippen MR) is 71.9 cm³/mol. The Hall–Kier alpha value is -0.180. The van der Waals surface area contributed by atoms with Crippen molar-refractivity contribution in [3.05, 3.63) is 0 Å². The van der Waals surface area contributed by atoms with E-state index in [4.69, 9.17) is 4.74 Å². The van der Waals surface area contributed by atoms with Gasteiger partial charge in [-0.25, -0.2) is 0 Å². The molecule has 0 radical (unpaired) electrons. The van der Waals surface area contributed by atoms with E-state index in [1.807, 2.05) is 13.8 Å². The monoisotopic (exact) mass is 246 g/mol. The lowest BCUT2D eigenvalue weighted by Crippen LogP contribution is -2.33. The highest BCUT2D eigenvalue weighted by atomic mass is 32.1. The van der Waals surface area contributed by atoms with Crippen LogP contribution in [-0.2, 0) is 9.53 Å². The molecule has 3 heteroatoms. The van der Waals surface area contributed by atoms with Gasteiger partial charge in [-0.1, -0.05) is 20.3 Å². The molecule has 0 aromatic heterocycles. The average Bonchev–Trinajstić information content (AvgIpc) is 2.24. The highest BCUT2D eigenvalue weighted by molar-refractivity contribution is 7.80. The van der Waals surface area contributed by atoms with Crippen molar-refractivity contribution in [2.75, 3.05) is 12.4 Å². The molecule has 0 amide bonds. The summed E-state index contributed by atoms with van der Waals surface area (Å²) in [6.07, 6.45) is 4.09. The smallest absolute Gasteiger partial charge is 0.311 e. The van der Waals surface area contributed by atoms with Gasteiger partial charge in [0.15, 0.2) is 0 Å². The molecule has 0 rings (SSSR count). The molecule has 1 unspecified atom stereocenters. The van der Waals surface area contributed by atoms with Crippen LogP contribution in [0.25, 0.3) is 0 Å². The molecule has 16 heavy (non-hydrogen) atoms. The Bertz CT molecular complexity index is 202. The van der Waals surface area contributed by atoms with E-state index < -0.39 is 0 Å². The van der Waals surface area contributed by atoms with Gasteiger partial charge in [0, 0.05) is 0 Å². The second kappa shape index (κ2) is 7.99. The first-order chi connectivity index (χ1) is 7.46. The van der Waals surface area contributed by atoms with E-state index >= 15 is 0 Å². The third kappa shape index (κ3) is 5.24. The molecule has 96 valence electrons. The van der Waals surface area contributed by atoms with Crippen LogP contribution in [0.5, 0.6) is 0 Å². The van der Waals surface area contributed by atoms with E-state index in [1.165, 1.54) is 0 Å². The fourth-order valence-electron chi connectivity index (χ4n) is 1.56. The number of esters is 1. The Kier molecular flexibility index (Phi) is 7.90. The van der Waals surface area contributed by atoms with Crippen molar-refractivity contribution in [2.45, 2.75) is 53.4 Å². The normalized spacial score (nSPS) is 13.6. The Labute approximate surface area is 106 Å². The molecule has 0 fully saturated rings. The molecular weight excluding hydrogens is 220 g/mol. The maximum atomic E-state index is 11.9. The largest absolute Gasteiger partial charge is 0.465 e. The first-order valence-corrected chi connectivity index (χ1v) is 6.88. The number of carbonyl (C=O) groups is 1. The van der Waals surface area contributed by atoms with Gasteiger partial charge < -0.3 is 4.74 Å². The molecule has 0 heterocycles. The molecule has 0 aliphatic rings. The van der Waals surface area contributed by atoms with E-state index in [2.05, 4.69) is 26.5 Å². The summed E-state index contributed by atoms with van der Waals surface area (Å²) in [5.74, 6) is 1.16. The molecular formula is C13H26O2S. The van der Waals surface area contributed by atoms with Crippen molar-refractivity contribution >= 4 is 18.6 Å². The highest BCUT2D eigenvalue weighted by Crippen LogP contribution is 2.31. The van der Waals surface area contributed by atoms with Crippen molar-refractivity contribution in [3.63, 3.8) is 0 Å². The standard InChI is InChI=1S/C13H26O2S/c1-5-8-11(2)13(3,4)12(14)15-9-6-7-10-16/h11,16H,5-10H2,1-4H3. The fourth-order valence-corrected chi connectivity index (χ4v) is 1.78. The zero-order chi connectivity index (χ0) is 12.6. The van der Waals surface area contributed by atoms with Gasteiger partial charge in [-0.2, -0.15) is 12.6 Å². The summed E-state index contributed by atoms with van der Waals surface area (Å²) in [4.78, 5) is 11.9. The maximum Gasteiger partial charge on any atom is 0.311 e. The van der Waals surface area contributed by atoms with Crippen LogP contribution in [0.3, 0.4) is 0 Å². The number of unbranched alkanes of at least 4 members (excludes halogenated alkanes) is 1. The van der Waals surface area contributed by atoms with Gasteiger partial charge in [-0.15, -0.1) is 0 Å². The first-order valence-electron chi connectivity index (χ1n) is 6.24. The van der Waals surface area contributed by atoms with E-state index in [-0.39, 0.29) is 11.4 Å². The quantitative estimate of drug-likeness (QED) is 0.401. The van der Waals surface area contributed by atoms with Crippen molar-refractivity contribution in [2.24, 2.45) is 11.3 Å². The van der Waals surface area contributed by atoms with Crippen LogP contribution >= 0.6 is 12.6 Å². The van der Waals surface area contributed by atoms with E-state index in [0.29, 0.717) is 12.5 Å². The number of carbonyl (C=O) groups excluding carboxylic acids is 1. The minimum Gasteiger partial charge on any atom is -0.465 e. The molecule has 0 saturated heterocycles. The molecule has 0 spiro atoms. The summed E-state index contributed by atoms with van der Waals surface area (Å²) in [6.45, 7) is 8.76. The number of rotatable bonds is 8. The number of ether oxygens (including phenoxy) is 1. The van der Waals surface area contributed by atoms with Gasteiger partial charge in [0.05, 0.1) is 12.0 Å². The average molecular weight is 246 g/mol. The lowest BCUT2D eigenvalue weighted by molar-refractivity contribution is -0.157. The highest BCUT2D eigenvalue weighted by Gasteiger charge is 2.34. The molecule has 2 nitrogen and oxygen atoms in total. The molecule has 0 aliphatic carbocycles. The van der Waals surface area contributed by atoms with Gasteiger partial charge >= 0.3 is 5.97 Å². The molecule has 0 aliphatic heterocycles. The van der Waals surface area contributed by atoms with E-state index in [9.17, 15) is 4.79 Å². The zero-order valence-corrected chi connectivity index (χ0v) is 12.0. The summed E-state index contributed by atoms with van der Waals surface area (Å²) < 4.78 is 5.30. The Morgan fingerprint density at radius 1 is 1.38 bits per heavy atom. The van der Waals surface area contributed by atoms with Crippen molar-refractivity contribution in [3.8, 4) is 0 Å².